The zero-order chi connectivity index (χ0) is 28.9. The van der Waals surface area contributed by atoms with Gasteiger partial charge in [-0.05, 0) is 90.3 Å². The van der Waals surface area contributed by atoms with Gasteiger partial charge in [0.25, 0.3) is 0 Å². The monoisotopic (exact) mass is 550 g/mol. The normalized spacial score (nSPS) is 11.4. The Morgan fingerprint density at radius 1 is 0.463 bits per heavy atom. The number of benzene rings is 4. The minimum Gasteiger partial charge on any atom is -0.457 e. The van der Waals surface area contributed by atoms with Crippen molar-refractivity contribution in [2.24, 2.45) is 0 Å². The molecule has 4 aromatic carbocycles. The number of nitrogen functional groups attached to an aromatic ring is 2. The van der Waals surface area contributed by atoms with Crippen LogP contribution in [0.25, 0.3) is 0 Å². The van der Waals surface area contributed by atoms with Gasteiger partial charge >= 0.3 is 0 Å². The summed E-state index contributed by atoms with van der Waals surface area (Å²) in [7, 11) is 0. The maximum Gasteiger partial charge on any atom is 0.127 e. The Kier molecular flexibility index (Phi) is 11.1. The molecule has 4 heteroatoms. The largest absolute Gasteiger partial charge is 0.457 e. The van der Waals surface area contributed by atoms with Crippen molar-refractivity contribution < 1.29 is 9.47 Å². The van der Waals surface area contributed by atoms with Gasteiger partial charge in [0.2, 0.25) is 0 Å². The van der Waals surface area contributed by atoms with Crippen LogP contribution in [0.2, 0.25) is 0 Å². The van der Waals surface area contributed by atoms with Crippen LogP contribution >= 0.6 is 0 Å². The third-order valence-corrected chi connectivity index (χ3v) is 7.99. The number of anilines is 2. The van der Waals surface area contributed by atoms with Gasteiger partial charge in [0.05, 0.1) is 0 Å². The summed E-state index contributed by atoms with van der Waals surface area (Å²) in [6.45, 7) is 4.64. The second-order valence-corrected chi connectivity index (χ2v) is 11.3. The Bertz CT molecular complexity index is 1210. The summed E-state index contributed by atoms with van der Waals surface area (Å²) in [6, 6.07) is 32.1. The van der Waals surface area contributed by atoms with Crippen LogP contribution in [0.1, 0.15) is 89.2 Å². The van der Waals surface area contributed by atoms with E-state index in [1.807, 2.05) is 48.5 Å². The van der Waals surface area contributed by atoms with E-state index in [1.54, 1.807) is 0 Å². The Morgan fingerprint density at radius 3 is 1.15 bits per heavy atom. The predicted molar refractivity (Wildman–Crippen MR) is 173 cm³/mol. The summed E-state index contributed by atoms with van der Waals surface area (Å²) in [6.07, 6.45) is 13.0. The van der Waals surface area contributed by atoms with Crippen LogP contribution in [0, 0.1) is 0 Å². The highest BCUT2D eigenvalue weighted by atomic mass is 16.5. The van der Waals surface area contributed by atoms with Gasteiger partial charge in [-0.1, -0.05) is 95.9 Å². The molecular formula is C37H46N2O2. The molecule has 216 valence electrons. The first-order valence-electron chi connectivity index (χ1n) is 15.2. The average molecular weight is 551 g/mol. The number of unbranched alkanes of at least 4 members (excludes halogenated alkanes) is 8. The van der Waals surface area contributed by atoms with Crippen LogP contribution < -0.4 is 20.9 Å². The van der Waals surface area contributed by atoms with Gasteiger partial charge < -0.3 is 20.9 Å². The standard InChI is InChI=1S/C37H46N2O2/c1-3-4-5-6-7-8-9-10-11-28-37(2,29-12-20-33(21-13-29)40-35-24-16-31(38)17-25-35)30-14-22-34(23-15-30)41-36-26-18-32(39)19-27-36/h12-27H,3-11,28,38-39H2,1-2H3. The lowest BCUT2D eigenvalue weighted by Gasteiger charge is -2.31. The minimum absolute atomic E-state index is 0.124. The summed E-state index contributed by atoms with van der Waals surface area (Å²) in [5.41, 5.74) is 15.5. The van der Waals surface area contributed by atoms with Gasteiger partial charge in [0, 0.05) is 16.8 Å². The molecule has 0 radical (unpaired) electrons. The van der Waals surface area contributed by atoms with Crippen LogP contribution in [-0.4, -0.2) is 0 Å². The fraction of sp³-hybridized carbons (Fsp3) is 0.351. The van der Waals surface area contributed by atoms with Crippen molar-refractivity contribution in [3.8, 4) is 23.0 Å². The van der Waals surface area contributed by atoms with Gasteiger partial charge in [-0.25, -0.2) is 0 Å². The minimum atomic E-state index is -0.124. The van der Waals surface area contributed by atoms with Crippen LogP contribution in [0.15, 0.2) is 97.1 Å². The molecule has 4 nitrogen and oxygen atoms in total. The van der Waals surface area contributed by atoms with Crippen molar-refractivity contribution >= 4 is 11.4 Å². The third-order valence-electron chi connectivity index (χ3n) is 7.99. The third kappa shape index (κ3) is 9.04. The van der Waals surface area contributed by atoms with E-state index in [1.165, 1.54) is 68.9 Å². The lowest BCUT2D eigenvalue weighted by atomic mass is 9.72. The van der Waals surface area contributed by atoms with Crippen LogP contribution in [-0.2, 0) is 5.41 Å². The predicted octanol–water partition coefficient (Wildman–Crippen LogP) is 10.7. The van der Waals surface area contributed by atoms with Gasteiger partial charge in [-0.2, -0.15) is 0 Å². The second-order valence-electron chi connectivity index (χ2n) is 11.3. The van der Waals surface area contributed by atoms with Crippen molar-refractivity contribution in [1.29, 1.82) is 0 Å². The van der Waals surface area contributed by atoms with Gasteiger partial charge in [0.15, 0.2) is 0 Å². The molecule has 4 aromatic rings. The van der Waals surface area contributed by atoms with E-state index in [-0.39, 0.29) is 5.41 Å². The average Bonchev–Trinajstić information content (AvgIpc) is 2.99. The quantitative estimate of drug-likeness (QED) is 0.107. The molecule has 0 fully saturated rings. The maximum absolute atomic E-state index is 6.07. The smallest absolute Gasteiger partial charge is 0.127 e. The van der Waals surface area contributed by atoms with E-state index >= 15 is 0 Å². The molecular weight excluding hydrogens is 504 g/mol. The Hall–Kier alpha value is -3.92. The molecule has 0 unspecified atom stereocenters. The molecule has 0 aliphatic carbocycles. The number of rotatable bonds is 16. The topological polar surface area (TPSA) is 70.5 Å². The lowest BCUT2D eigenvalue weighted by molar-refractivity contribution is 0.462. The summed E-state index contributed by atoms with van der Waals surface area (Å²) < 4.78 is 12.1. The zero-order valence-corrected chi connectivity index (χ0v) is 24.8. The number of hydrogen-bond acceptors (Lipinski definition) is 4. The highest BCUT2D eigenvalue weighted by Crippen LogP contribution is 2.39. The maximum atomic E-state index is 6.07. The van der Waals surface area contributed by atoms with Crippen LogP contribution in [0.4, 0.5) is 11.4 Å². The van der Waals surface area contributed by atoms with Crippen molar-refractivity contribution in [1.82, 2.24) is 0 Å². The molecule has 0 saturated heterocycles. The van der Waals surface area contributed by atoms with Crippen molar-refractivity contribution in [3.63, 3.8) is 0 Å². The molecule has 4 rings (SSSR count). The molecule has 41 heavy (non-hydrogen) atoms. The molecule has 0 aliphatic heterocycles. The molecule has 0 spiro atoms. The van der Waals surface area contributed by atoms with E-state index in [0.717, 1.165) is 40.8 Å². The first-order chi connectivity index (χ1) is 20.0. The van der Waals surface area contributed by atoms with E-state index in [4.69, 9.17) is 20.9 Å². The molecule has 0 atom stereocenters. The molecule has 0 amide bonds. The van der Waals surface area contributed by atoms with E-state index in [0.29, 0.717) is 0 Å². The molecule has 0 bridgehead atoms. The SMILES string of the molecule is CCCCCCCCCCCC(C)(c1ccc(Oc2ccc(N)cc2)cc1)c1ccc(Oc2ccc(N)cc2)cc1. The van der Waals surface area contributed by atoms with Gasteiger partial charge in [-0.15, -0.1) is 0 Å². The lowest BCUT2D eigenvalue weighted by Crippen LogP contribution is -2.23. The zero-order valence-electron chi connectivity index (χ0n) is 24.8. The van der Waals surface area contributed by atoms with Crippen molar-refractivity contribution in [2.45, 2.75) is 83.5 Å². The fourth-order valence-corrected chi connectivity index (χ4v) is 5.37. The summed E-state index contributed by atoms with van der Waals surface area (Å²) >= 11 is 0. The Balaban J connectivity index is 1.45. The summed E-state index contributed by atoms with van der Waals surface area (Å²) in [5, 5.41) is 0. The van der Waals surface area contributed by atoms with E-state index in [2.05, 4.69) is 62.4 Å². The first kappa shape index (κ1) is 30.0. The summed E-state index contributed by atoms with van der Waals surface area (Å²) in [5.74, 6) is 3.19. The van der Waals surface area contributed by atoms with E-state index in [9.17, 15) is 0 Å². The molecule has 0 aliphatic rings. The van der Waals surface area contributed by atoms with Crippen molar-refractivity contribution in [3.05, 3.63) is 108 Å². The second kappa shape index (κ2) is 15.2. The molecule has 0 heterocycles. The van der Waals surface area contributed by atoms with Crippen LogP contribution in [0.3, 0.4) is 0 Å². The highest BCUT2D eigenvalue weighted by Gasteiger charge is 2.28. The van der Waals surface area contributed by atoms with Gasteiger partial charge in [0.1, 0.15) is 23.0 Å². The molecule has 0 saturated carbocycles. The summed E-state index contributed by atoms with van der Waals surface area (Å²) in [4.78, 5) is 0. The molecule has 4 N–H and O–H groups in total. The fourth-order valence-electron chi connectivity index (χ4n) is 5.37. The Morgan fingerprint density at radius 2 is 0.780 bits per heavy atom. The number of hydrogen-bond donors (Lipinski definition) is 2. The van der Waals surface area contributed by atoms with Gasteiger partial charge in [-0.3, -0.25) is 0 Å². The van der Waals surface area contributed by atoms with Crippen molar-refractivity contribution in [2.75, 3.05) is 11.5 Å². The Labute approximate surface area is 246 Å². The van der Waals surface area contributed by atoms with Crippen LogP contribution in [0.5, 0.6) is 23.0 Å². The highest BCUT2D eigenvalue weighted by molar-refractivity contribution is 5.47. The first-order valence-corrected chi connectivity index (χ1v) is 15.2. The molecule has 0 aromatic heterocycles. The van der Waals surface area contributed by atoms with E-state index < -0.39 is 0 Å². The number of ether oxygens (including phenoxy) is 2. The number of nitrogens with two attached hydrogens (primary N) is 2.